The van der Waals surface area contributed by atoms with Crippen LogP contribution in [0.3, 0.4) is 0 Å². The number of H-pyrrole nitrogens is 1. The van der Waals surface area contributed by atoms with E-state index in [9.17, 15) is 5.11 Å². The van der Waals surface area contributed by atoms with Gasteiger partial charge in [-0.2, -0.15) is 15.2 Å². The molecular weight excluding hydrogens is 412 g/mol. The highest BCUT2D eigenvalue weighted by Crippen LogP contribution is 2.32. The van der Waals surface area contributed by atoms with E-state index in [1.165, 1.54) is 0 Å². The molecule has 0 spiro atoms. The Labute approximate surface area is 176 Å². The standard InChI is InChI=1S/C20H17ClN4O5/c21-12-7-13-18(24-19(12)29-11-3-1-10(2-4-11)5-6-22)25-20(23-13)30-15-9-28-16-14(26)8-27-17(15)16/h1-4,7,14-17,26H,5,8-9H2,(H,23,24,25)/t14-,15-,16-,17-/m1/s1. The van der Waals surface area contributed by atoms with E-state index in [2.05, 4.69) is 21.0 Å². The Morgan fingerprint density at radius 1 is 1.20 bits per heavy atom. The third kappa shape index (κ3) is 3.55. The van der Waals surface area contributed by atoms with Gasteiger partial charge in [0.1, 0.15) is 29.1 Å². The summed E-state index contributed by atoms with van der Waals surface area (Å²) in [5, 5.41) is 18.9. The van der Waals surface area contributed by atoms with Gasteiger partial charge in [0.05, 0.1) is 31.2 Å². The lowest BCUT2D eigenvalue weighted by atomic mass is 10.1. The number of nitriles is 1. The van der Waals surface area contributed by atoms with Crippen LogP contribution in [-0.2, 0) is 15.9 Å². The molecule has 4 heterocycles. The minimum absolute atomic E-state index is 0.210. The second-order valence-corrected chi connectivity index (χ2v) is 7.50. The maximum atomic E-state index is 9.84. The van der Waals surface area contributed by atoms with Crippen LogP contribution in [0.25, 0.3) is 11.2 Å². The molecule has 9 nitrogen and oxygen atoms in total. The Kier molecular flexibility index (Phi) is 4.92. The number of aliphatic hydroxyl groups is 1. The molecule has 0 unspecified atom stereocenters. The normalized spacial score (nSPS) is 25.2. The summed E-state index contributed by atoms with van der Waals surface area (Å²) in [6.45, 7) is 0.526. The van der Waals surface area contributed by atoms with Crippen molar-refractivity contribution in [1.82, 2.24) is 15.0 Å². The van der Waals surface area contributed by atoms with Crippen LogP contribution in [0.2, 0.25) is 5.02 Å². The highest BCUT2D eigenvalue weighted by Gasteiger charge is 2.48. The molecule has 3 aromatic rings. The van der Waals surface area contributed by atoms with Crippen molar-refractivity contribution in [3.05, 3.63) is 40.9 Å². The molecule has 2 N–H and O–H groups in total. The zero-order chi connectivity index (χ0) is 20.7. The van der Waals surface area contributed by atoms with Crippen LogP contribution >= 0.6 is 11.6 Å². The van der Waals surface area contributed by atoms with Crippen molar-refractivity contribution < 1.29 is 24.1 Å². The summed E-state index contributed by atoms with van der Waals surface area (Å²) < 4.78 is 22.8. The van der Waals surface area contributed by atoms with E-state index in [1.807, 2.05) is 12.1 Å². The molecule has 0 aliphatic carbocycles. The summed E-state index contributed by atoms with van der Waals surface area (Å²) in [5.41, 5.74) is 1.87. The number of imidazole rings is 1. The Morgan fingerprint density at radius 3 is 2.80 bits per heavy atom. The second kappa shape index (κ2) is 7.74. The first-order chi connectivity index (χ1) is 14.6. The van der Waals surface area contributed by atoms with E-state index >= 15 is 0 Å². The third-order valence-corrected chi connectivity index (χ3v) is 5.31. The lowest BCUT2D eigenvalue weighted by molar-refractivity contribution is 0.00706. The monoisotopic (exact) mass is 428 g/mol. The summed E-state index contributed by atoms with van der Waals surface area (Å²) in [6.07, 6.45) is -1.42. The number of pyridine rings is 1. The minimum Gasteiger partial charge on any atom is -0.456 e. The Balaban J connectivity index is 1.33. The molecule has 30 heavy (non-hydrogen) atoms. The van der Waals surface area contributed by atoms with Crippen LogP contribution in [0, 0.1) is 11.3 Å². The number of ether oxygens (including phenoxy) is 4. The van der Waals surface area contributed by atoms with Crippen molar-refractivity contribution in [2.24, 2.45) is 0 Å². The van der Waals surface area contributed by atoms with E-state index in [0.29, 0.717) is 35.0 Å². The molecule has 2 aliphatic heterocycles. The molecule has 2 aromatic heterocycles. The molecule has 5 rings (SSSR count). The van der Waals surface area contributed by atoms with Crippen LogP contribution in [0.1, 0.15) is 5.56 Å². The molecule has 2 aliphatic rings. The van der Waals surface area contributed by atoms with Crippen molar-refractivity contribution in [3.8, 4) is 23.7 Å². The highest BCUT2D eigenvalue weighted by atomic mass is 35.5. The number of rotatable bonds is 5. The summed E-state index contributed by atoms with van der Waals surface area (Å²) in [4.78, 5) is 11.8. The van der Waals surface area contributed by atoms with E-state index in [1.54, 1.807) is 18.2 Å². The highest BCUT2D eigenvalue weighted by molar-refractivity contribution is 6.32. The van der Waals surface area contributed by atoms with Gasteiger partial charge in [-0.3, -0.25) is 0 Å². The first kappa shape index (κ1) is 19.1. The largest absolute Gasteiger partial charge is 0.456 e. The molecule has 154 valence electrons. The van der Waals surface area contributed by atoms with Gasteiger partial charge in [0.2, 0.25) is 5.88 Å². The van der Waals surface area contributed by atoms with Gasteiger partial charge < -0.3 is 29.0 Å². The maximum Gasteiger partial charge on any atom is 0.296 e. The Bertz CT molecular complexity index is 1110. The van der Waals surface area contributed by atoms with Gasteiger partial charge >= 0.3 is 0 Å². The van der Waals surface area contributed by atoms with E-state index in [4.69, 9.17) is 35.8 Å². The number of hydrogen-bond donors (Lipinski definition) is 2. The van der Waals surface area contributed by atoms with Crippen molar-refractivity contribution in [3.63, 3.8) is 0 Å². The second-order valence-electron chi connectivity index (χ2n) is 7.09. The quantitative estimate of drug-likeness (QED) is 0.635. The van der Waals surface area contributed by atoms with E-state index in [-0.39, 0.29) is 36.8 Å². The van der Waals surface area contributed by atoms with Crippen LogP contribution in [-0.4, -0.2) is 57.7 Å². The molecular formula is C20H17ClN4O5. The number of nitrogens with one attached hydrogen (secondary N) is 1. The smallest absolute Gasteiger partial charge is 0.296 e. The number of aliphatic hydroxyl groups excluding tert-OH is 1. The molecule has 2 fully saturated rings. The van der Waals surface area contributed by atoms with Crippen LogP contribution in [0.5, 0.6) is 17.6 Å². The molecule has 4 atom stereocenters. The Hall–Kier alpha value is -2.90. The fraction of sp³-hybridized carbons (Fsp3) is 0.350. The number of benzene rings is 1. The summed E-state index contributed by atoms with van der Waals surface area (Å²) in [5.74, 6) is 0.755. The average molecular weight is 429 g/mol. The lowest BCUT2D eigenvalue weighted by Gasteiger charge is -2.15. The first-order valence-electron chi connectivity index (χ1n) is 9.38. The predicted molar refractivity (Wildman–Crippen MR) is 105 cm³/mol. The minimum atomic E-state index is -0.645. The average Bonchev–Trinajstić information content (AvgIpc) is 3.41. The van der Waals surface area contributed by atoms with Crippen molar-refractivity contribution in [2.75, 3.05) is 13.2 Å². The molecule has 10 heteroatoms. The van der Waals surface area contributed by atoms with Crippen LogP contribution in [0.4, 0.5) is 0 Å². The van der Waals surface area contributed by atoms with Crippen molar-refractivity contribution in [2.45, 2.75) is 30.8 Å². The fourth-order valence-electron chi connectivity index (χ4n) is 3.57. The van der Waals surface area contributed by atoms with E-state index < -0.39 is 6.10 Å². The first-order valence-corrected chi connectivity index (χ1v) is 9.76. The number of hydrogen-bond acceptors (Lipinski definition) is 8. The number of halogens is 1. The Morgan fingerprint density at radius 2 is 2.00 bits per heavy atom. The summed E-state index contributed by atoms with van der Waals surface area (Å²) in [6, 6.07) is 11.1. The fourth-order valence-corrected chi connectivity index (χ4v) is 3.76. The summed E-state index contributed by atoms with van der Waals surface area (Å²) >= 11 is 6.32. The zero-order valence-corrected chi connectivity index (χ0v) is 16.4. The topological polar surface area (TPSA) is 123 Å². The van der Waals surface area contributed by atoms with Gasteiger partial charge in [0.15, 0.2) is 11.8 Å². The molecule has 2 saturated heterocycles. The van der Waals surface area contributed by atoms with Gasteiger partial charge in [-0.25, -0.2) is 0 Å². The van der Waals surface area contributed by atoms with Crippen LogP contribution < -0.4 is 9.47 Å². The number of fused-ring (bicyclic) bond motifs is 2. The molecule has 0 radical (unpaired) electrons. The summed E-state index contributed by atoms with van der Waals surface area (Å²) in [7, 11) is 0. The lowest BCUT2D eigenvalue weighted by Crippen LogP contribution is -2.34. The van der Waals surface area contributed by atoms with Crippen molar-refractivity contribution >= 4 is 22.8 Å². The van der Waals surface area contributed by atoms with E-state index in [0.717, 1.165) is 5.56 Å². The van der Waals surface area contributed by atoms with Gasteiger partial charge in [-0.15, -0.1) is 0 Å². The predicted octanol–water partition coefficient (Wildman–Crippen LogP) is 2.38. The van der Waals surface area contributed by atoms with Gasteiger partial charge in [0, 0.05) is 0 Å². The third-order valence-electron chi connectivity index (χ3n) is 5.04. The van der Waals surface area contributed by atoms with Gasteiger partial charge in [0.25, 0.3) is 6.01 Å². The van der Waals surface area contributed by atoms with Gasteiger partial charge in [-0.1, -0.05) is 23.7 Å². The zero-order valence-electron chi connectivity index (χ0n) is 15.6. The van der Waals surface area contributed by atoms with Crippen LogP contribution in [0.15, 0.2) is 30.3 Å². The molecule has 1 aromatic carbocycles. The number of aromatic nitrogens is 3. The number of aromatic amines is 1. The number of nitrogens with zero attached hydrogens (tertiary/aromatic N) is 3. The maximum absolute atomic E-state index is 9.84. The molecule has 0 amide bonds. The SMILES string of the molecule is N#CCc1ccc(Oc2nc3nc(O[C@@H]4CO[C@H]5[C@@H]4OC[C@H]5O)[nH]c3cc2Cl)cc1. The van der Waals surface area contributed by atoms with Crippen molar-refractivity contribution in [1.29, 1.82) is 5.26 Å². The van der Waals surface area contributed by atoms with Gasteiger partial charge in [-0.05, 0) is 23.8 Å². The molecule has 0 saturated carbocycles. The molecule has 0 bridgehead atoms.